The van der Waals surface area contributed by atoms with Gasteiger partial charge in [0.1, 0.15) is 0 Å². The van der Waals surface area contributed by atoms with Crippen molar-refractivity contribution >= 4 is 15.9 Å². The summed E-state index contributed by atoms with van der Waals surface area (Å²) in [5, 5.41) is 3.67. The molecule has 2 rings (SSSR count). The van der Waals surface area contributed by atoms with Crippen molar-refractivity contribution in [1.29, 1.82) is 0 Å². The molecule has 0 aliphatic carbocycles. The molecule has 0 spiro atoms. The molecule has 1 fully saturated rings. The Morgan fingerprint density at radius 2 is 2.05 bits per heavy atom. The second kappa shape index (κ2) is 7.39. The molecule has 1 N–H and O–H groups in total. The van der Waals surface area contributed by atoms with Crippen LogP contribution in [0.15, 0.2) is 28.7 Å². The molecule has 2 atom stereocenters. The molecule has 1 aliphatic heterocycles. The Morgan fingerprint density at radius 3 is 2.74 bits per heavy atom. The number of rotatable bonds is 5. The van der Waals surface area contributed by atoms with Gasteiger partial charge in [-0.15, -0.1) is 0 Å². The Bertz CT molecular complexity index is 393. The first kappa shape index (κ1) is 15.0. The number of nitrogens with zero attached hydrogens (tertiary/aromatic N) is 1. The van der Waals surface area contributed by atoms with Crippen LogP contribution in [0.4, 0.5) is 0 Å². The number of hydrogen-bond acceptors (Lipinski definition) is 3. The third-order valence-electron chi connectivity index (χ3n) is 3.52. The molecule has 1 heterocycles. The van der Waals surface area contributed by atoms with Crippen molar-refractivity contribution in [3.63, 3.8) is 0 Å². The highest BCUT2D eigenvalue weighted by Crippen LogP contribution is 2.18. The molecular formula is C15H23BrN2O. The molecule has 0 amide bonds. The molecule has 0 radical (unpaired) electrons. The summed E-state index contributed by atoms with van der Waals surface area (Å²) in [4.78, 5) is 2.47. The lowest BCUT2D eigenvalue weighted by Crippen LogP contribution is -2.44. The van der Waals surface area contributed by atoms with E-state index in [0.717, 1.165) is 37.3 Å². The zero-order chi connectivity index (χ0) is 13.7. The first-order valence-corrected chi connectivity index (χ1v) is 7.76. The van der Waals surface area contributed by atoms with Crippen molar-refractivity contribution in [2.45, 2.75) is 25.9 Å². The Labute approximate surface area is 124 Å². The maximum absolute atomic E-state index is 5.38. The zero-order valence-corrected chi connectivity index (χ0v) is 13.3. The van der Waals surface area contributed by atoms with Gasteiger partial charge in [0.15, 0.2) is 0 Å². The Kier molecular flexibility index (Phi) is 5.82. The lowest BCUT2D eigenvalue weighted by molar-refractivity contribution is 0.0339. The highest BCUT2D eigenvalue weighted by Gasteiger charge is 2.15. The Hall–Kier alpha value is -0.420. The van der Waals surface area contributed by atoms with E-state index >= 15 is 0 Å². The molecular weight excluding hydrogens is 304 g/mol. The van der Waals surface area contributed by atoms with Crippen LogP contribution >= 0.6 is 15.9 Å². The van der Waals surface area contributed by atoms with Crippen LogP contribution in [0.3, 0.4) is 0 Å². The fourth-order valence-corrected chi connectivity index (χ4v) is 2.94. The average Bonchev–Trinajstić information content (AvgIpc) is 2.39. The van der Waals surface area contributed by atoms with Gasteiger partial charge in [-0.2, -0.15) is 0 Å². The van der Waals surface area contributed by atoms with Crippen LogP contribution in [-0.2, 0) is 4.74 Å². The van der Waals surface area contributed by atoms with E-state index in [1.165, 1.54) is 5.56 Å². The lowest BCUT2D eigenvalue weighted by atomic mass is 10.1. The molecule has 3 nitrogen and oxygen atoms in total. The van der Waals surface area contributed by atoms with Crippen LogP contribution in [0.1, 0.15) is 25.5 Å². The summed E-state index contributed by atoms with van der Waals surface area (Å²) in [6.07, 6.45) is 0. The SMILES string of the molecule is CC(CN1CCOCC1)NC(C)c1cccc(Br)c1. The average molecular weight is 327 g/mol. The van der Waals surface area contributed by atoms with E-state index in [2.05, 4.69) is 64.3 Å². The normalized spacial score (nSPS) is 20.2. The number of hydrogen-bond donors (Lipinski definition) is 1. The maximum atomic E-state index is 5.38. The monoisotopic (exact) mass is 326 g/mol. The number of halogens is 1. The van der Waals surface area contributed by atoms with E-state index in [1.807, 2.05) is 0 Å². The molecule has 4 heteroatoms. The predicted molar refractivity (Wildman–Crippen MR) is 82.4 cm³/mol. The van der Waals surface area contributed by atoms with Crippen molar-refractivity contribution in [2.75, 3.05) is 32.8 Å². The first-order valence-electron chi connectivity index (χ1n) is 6.97. The number of benzene rings is 1. The van der Waals surface area contributed by atoms with Crippen molar-refractivity contribution in [3.05, 3.63) is 34.3 Å². The van der Waals surface area contributed by atoms with Crippen LogP contribution in [0.25, 0.3) is 0 Å². The van der Waals surface area contributed by atoms with Gasteiger partial charge in [-0.1, -0.05) is 28.1 Å². The Morgan fingerprint density at radius 1 is 1.32 bits per heavy atom. The van der Waals surface area contributed by atoms with Gasteiger partial charge in [-0.05, 0) is 31.5 Å². The van der Waals surface area contributed by atoms with Gasteiger partial charge in [-0.25, -0.2) is 0 Å². The molecule has 106 valence electrons. The fraction of sp³-hybridized carbons (Fsp3) is 0.600. The smallest absolute Gasteiger partial charge is 0.0594 e. The van der Waals surface area contributed by atoms with Gasteiger partial charge < -0.3 is 10.1 Å². The summed E-state index contributed by atoms with van der Waals surface area (Å²) in [7, 11) is 0. The second-order valence-electron chi connectivity index (χ2n) is 5.26. The van der Waals surface area contributed by atoms with Gasteiger partial charge >= 0.3 is 0 Å². The quantitative estimate of drug-likeness (QED) is 0.900. The summed E-state index contributed by atoms with van der Waals surface area (Å²) in [6, 6.07) is 9.35. The third-order valence-corrected chi connectivity index (χ3v) is 4.01. The number of ether oxygens (including phenoxy) is 1. The molecule has 0 aromatic heterocycles. The zero-order valence-electron chi connectivity index (χ0n) is 11.7. The minimum Gasteiger partial charge on any atom is -0.379 e. The molecule has 1 aromatic rings. The first-order chi connectivity index (χ1) is 9.15. The summed E-state index contributed by atoms with van der Waals surface area (Å²) >= 11 is 3.53. The Balaban J connectivity index is 1.82. The summed E-state index contributed by atoms with van der Waals surface area (Å²) in [5.41, 5.74) is 1.32. The number of nitrogens with one attached hydrogen (secondary N) is 1. The highest BCUT2D eigenvalue weighted by molar-refractivity contribution is 9.10. The van der Waals surface area contributed by atoms with E-state index in [4.69, 9.17) is 4.74 Å². The van der Waals surface area contributed by atoms with Gasteiger partial charge in [0, 0.05) is 36.2 Å². The molecule has 2 unspecified atom stereocenters. The maximum Gasteiger partial charge on any atom is 0.0594 e. The van der Waals surface area contributed by atoms with E-state index < -0.39 is 0 Å². The second-order valence-corrected chi connectivity index (χ2v) is 6.17. The van der Waals surface area contributed by atoms with Crippen LogP contribution in [-0.4, -0.2) is 43.8 Å². The largest absolute Gasteiger partial charge is 0.379 e. The van der Waals surface area contributed by atoms with Crippen LogP contribution in [0.2, 0.25) is 0 Å². The van der Waals surface area contributed by atoms with Gasteiger partial charge in [0.25, 0.3) is 0 Å². The van der Waals surface area contributed by atoms with Gasteiger partial charge in [0.2, 0.25) is 0 Å². The molecule has 1 aromatic carbocycles. The van der Waals surface area contributed by atoms with Crippen molar-refractivity contribution in [1.82, 2.24) is 10.2 Å². The van der Waals surface area contributed by atoms with E-state index in [0.29, 0.717) is 12.1 Å². The molecule has 0 saturated carbocycles. The van der Waals surface area contributed by atoms with E-state index in [1.54, 1.807) is 0 Å². The molecule has 0 bridgehead atoms. The topological polar surface area (TPSA) is 24.5 Å². The standard InChI is InChI=1S/C15H23BrN2O/c1-12(11-18-6-8-19-9-7-18)17-13(2)14-4-3-5-15(16)10-14/h3-5,10,12-13,17H,6-9,11H2,1-2H3. The molecule has 19 heavy (non-hydrogen) atoms. The molecule has 1 aliphatic rings. The summed E-state index contributed by atoms with van der Waals surface area (Å²) in [6.45, 7) is 9.40. The van der Waals surface area contributed by atoms with Gasteiger partial charge in [-0.3, -0.25) is 4.90 Å². The van der Waals surface area contributed by atoms with Crippen LogP contribution in [0, 0.1) is 0 Å². The summed E-state index contributed by atoms with van der Waals surface area (Å²) in [5.74, 6) is 0. The van der Waals surface area contributed by atoms with E-state index in [9.17, 15) is 0 Å². The minimum atomic E-state index is 0.369. The fourth-order valence-electron chi connectivity index (χ4n) is 2.52. The lowest BCUT2D eigenvalue weighted by Gasteiger charge is -2.30. The third kappa shape index (κ3) is 4.88. The highest BCUT2D eigenvalue weighted by atomic mass is 79.9. The van der Waals surface area contributed by atoms with E-state index in [-0.39, 0.29) is 0 Å². The number of morpholine rings is 1. The van der Waals surface area contributed by atoms with Crippen molar-refractivity contribution < 1.29 is 4.74 Å². The minimum absolute atomic E-state index is 0.369. The van der Waals surface area contributed by atoms with Crippen molar-refractivity contribution in [3.8, 4) is 0 Å². The summed E-state index contributed by atoms with van der Waals surface area (Å²) < 4.78 is 6.52. The van der Waals surface area contributed by atoms with Gasteiger partial charge in [0.05, 0.1) is 13.2 Å². The van der Waals surface area contributed by atoms with Crippen molar-refractivity contribution in [2.24, 2.45) is 0 Å². The van der Waals surface area contributed by atoms with Crippen LogP contribution in [0.5, 0.6) is 0 Å². The predicted octanol–water partition coefficient (Wildman–Crippen LogP) is 2.82. The van der Waals surface area contributed by atoms with Crippen LogP contribution < -0.4 is 5.32 Å². The molecule has 1 saturated heterocycles.